The molecule has 0 unspecified atom stereocenters. The topological polar surface area (TPSA) is 57.8 Å². The zero-order chi connectivity index (χ0) is 13.0. The molecule has 1 aromatic rings. The number of hydrogen-bond donors (Lipinski definition) is 1. The van der Waals surface area contributed by atoms with Gasteiger partial charge in [-0.25, -0.2) is 0 Å². The normalized spacial score (nSPS) is 16.6. The Morgan fingerprint density at radius 1 is 1.56 bits per heavy atom. The van der Waals surface area contributed by atoms with Gasteiger partial charge >= 0.3 is 0 Å². The third kappa shape index (κ3) is 2.80. The molecule has 0 spiro atoms. The molecule has 1 N–H and O–H groups in total. The number of hydrogen-bond acceptors (Lipinski definition) is 2. The molecule has 94 valence electrons. The molecule has 1 aliphatic rings. The molecule has 0 atom stereocenters. The van der Waals surface area contributed by atoms with Crippen LogP contribution in [-0.4, -0.2) is 16.5 Å². The van der Waals surface area contributed by atoms with Crippen LogP contribution in [0.3, 0.4) is 0 Å². The van der Waals surface area contributed by atoms with E-state index in [-0.39, 0.29) is 17.5 Å². The first-order chi connectivity index (χ1) is 8.70. The quantitative estimate of drug-likeness (QED) is 0.652. The maximum Gasteiger partial charge on any atom is 0.262 e. The summed E-state index contributed by atoms with van der Waals surface area (Å²) < 4.78 is 1.88. The van der Waals surface area contributed by atoms with Crippen molar-refractivity contribution in [2.45, 2.75) is 31.7 Å². The lowest BCUT2D eigenvalue weighted by Crippen LogP contribution is -2.33. The van der Waals surface area contributed by atoms with Crippen LogP contribution in [-0.2, 0) is 11.8 Å². The van der Waals surface area contributed by atoms with Crippen LogP contribution in [0.5, 0.6) is 0 Å². The number of nitrogens with one attached hydrogen (secondary N) is 1. The van der Waals surface area contributed by atoms with Gasteiger partial charge in [0.05, 0.1) is 0 Å². The highest BCUT2D eigenvalue weighted by Gasteiger charge is 2.19. The van der Waals surface area contributed by atoms with Gasteiger partial charge in [-0.15, -0.1) is 0 Å². The molecule has 2 rings (SSSR count). The van der Waals surface area contributed by atoms with E-state index < -0.39 is 0 Å². The van der Waals surface area contributed by atoms with Gasteiger partial charge in [-0.05, 0) is 31.1 Å². The maximum absolute atomic E-state index is 12.0. The molecule has 0 bridgehead atoms. The van der Waals surface area contributed by atoms with Crippen LogP contribution in [0.4, 0.5) is 0 Å². The minimum Gasteiger partial charge on any atom is -0.351 e. The van der Waals surface area contributed by atoms with Crippen LogP contribution >= 0.6 is 0 Å². The number of rotatable bonds is 3. The Hall–Kier alpha value is -2.02. The van der Waals surface area contributed by atoms with E-state index in [0.717, 1.165) is 31.4 Å². The van der Waals surface area contributed by atoms with Crippen molar-refractivity contribution in [3.63, 3.8) is 0 Å². The summed E-state index contributed by atoms with van der Waals surface area (Å²) in [5.41, 5.74) is 1.02. The van der Waals surface area contributed by atoms with E-state index in [1.54, 1.807) is 6.08 Å². The van der Waals surface area contributed by atoms with Crippen LogP contribution in [0.25, 0.3) is 6.08 Å². The minimum atomic E-state index is -0.259. The second-order valence-electron chi connectivity index (χ2n) is 4.67. The number of aromatic nitrogens is 1. The van der Waals surface area contributed by atoms with E-state index >= 15 is 0 Å². The smallest absolute Gasteiger partial charge is 0.262 e. The number of carbonyl (C=O) groups excluding carboxylic acids is 1. The van der Waals surface area contributed by atoms with Gasteiger partial charge < -0.3 is 9.88 Å². The van der Waals surface area contributed by atoms with Crippen LogP contribution in [0.2, 0.25) is 0 Å². The molecular weight excluding hydrogens is 226 g/mol. The highest BCUT2D eigenvalue weighted by molar-refractivity contribution is 6.01. The summed E-state index contributed by atoms with van der Waals surface area (Å²) in [6, 6.07) is 5.98. The Labute approximate surface area is 107 Å². The SMILES string of the molecule is Cn1cccc1C=C(C#N)C(=O)NC1CCCC1. The summed E-state index contributed by atoms with van der Waals surface area (Å²) in [5.74, 6) is -0.259. The van der Waals surface area contributed by atoms with Crippen molar-refractivity contribution in [2.24, 2.45) is 7.05 Å². The molecule has 1 aromatic heterocycles. The van der Waals surface area contributed by atoms with E-state index in [2.05, 4.69) is 5.32 Å². The zero-order valence-corrected chi connectivity index (χ0v) is 10.5. The van der Waals surface area contributed by atoms with Crippen LogP contribution in [0.1, 0.15) is 31.4 Å². The van der Waals surface area contributed by atoms with Gasteiger partial charge in [-0.3, -0.25) is 4.79 Å². The number of nitrogens with zero attached hydrogens (tertiary/aromatic N) is 2. The van der Waals surface area contributed by atoms with Gasteiger partial charge in [-0.2, -0.15) is 5.26 Å². The fraction of sp³-hybridized carbons (Fsp3) is 0.429. The summed E-state index contributed by atoms with van der Waals surface area (Å²) in [6.45, 7) is 0. The summed E-state index contributed by atoms with van der Waals surface area (Å²) in [6.07, 6.45) is 7.88. The molecule has 1 saturated carbocycles. The molecule has 4 nitrogen and oxygen atoms in total. The highest BCUT2D eigenvalue weighted by atomic mass is 16.1. The van der Waals surface area contributed by atoms with Crippen LogP contribution < -0.4 is 5.32 Å². The first kappa shape index (κ1) is 12.4. The Morgan fingerprint density at radius 3 is 2.83 bits per heavy atom. The summed E-state index contributed by atoms with van der Waals surface area (Å²) >= 11 is 0. The van der Waals surface area contributed by atoms with Crippen molar-refractivity contribution in [2.75, 3.05) is 0 Å². The Bertz CT molecular complexity index is 501. The fourth-order valence-electron chi connectivity index (χ4n) is 2.25. The second kappa shape index (κ2) is 5.54. The number of nitriles is 1. The molecule has 0 aliphatic heterocycles. The van der Waals surface area contributed by atoms with Gasteiger partial charge in [0, 0.05) is 25.0 Å². The molecule has 1 heterocycles. The van der Waals surface area contributed by atoms with Crippen molar-refractivity contribution in [3.05, 3.63) is 29.6 Å². The predicted molar refractivity (Wildman–Crippen MR) is 69.4 cm³/mol. The first-order valence-electron chi connectivity index (χ1n) is 6.24. The maximum atomic E-state index is 12.0. The van der Waals surface area contributed by atoms with Crippen molar-refractivity contribution in [1.82, 2.24) is 9.88 Å². The average Bonchev–Trinajstić information content (AvgIpc) is 2.98. The molecule has 1 amide bonds. The molecule has 0 aromatic carbocycles. The largest absolute Gasteiger partial charge is 0.351 e. The van der Waals surface area contributed by atoms with Gasteiger partial charge in [0.15, 0.2) is 0 Å². The lowest BCUT2D eigenvalue weighted by Gasteiger charge is -2.10. The number of carbonyl (C=O) groups is 1. The third-order valence-corrected chi connectivity index (χ3v) is 3.33. The Morgan fingerprint density at radius 2 is 2.28 bits per heavy atom. The first-order valence-corrected chi connectivity index (χ1v) is 6.24. The molecule has 18 heavy (non-hydrogen) atoms. The molecule has 1 aliphatic carbocycles. The predicted octanol–water partition coefficient (Wildman–Crippen LogP) is 1.99. The van der Waals surface area contributed by atoms with Crippen molar-refractivity contribution in [1.29, 1.82) is 5.26 Å². The van der Waals surface area contributed by atoms with Crippen LogP contribution in [0, 0.1) is 11.3 Å². The van der Waals surface area contributed by atoms with E-state index in [0.29, 0.717) is 0 Å². The zero-order valence-electron chi connectivity index (χ0n) is 10.5. The lowest BCUT2D eigenvalue weighted by molar-refractivity contribution is -0.117. The minimum absolute atomic E-state index is 0.170. The highest BCUT2D eigenvalue weighted by Crippen LogP contribution is 2.18. The number of amides is 1. The molecule has 1 fully saturated rings. The monoisotopic (exact) mass is 243 g/mol. The van der Waals surface area contributed by atoms with Gasteiger partial charge in [0.25, 0.3) is 5.91 Å². The van der Waals surface area contributed by atoms with E-state index in [4.69, 9.17) is 5.26 Å². The van der Waals surface area contributed by atoms with Gasteiger partial charge in [0.2, 0.25) is 0 Å². The number of aryl methyl sites for hydroxylation is 1. The van der Waals surface area contributed by atoms with Crippen molar-refractivity contribution >= 4 is 12.0 Å². The second-order valence-corrected chi connectivity index (χ2v) is 4.67. The van der Waals surface area contributed by atoms with Crippen LogP contribution in [0.15, 0.2) is 23.9 Å². The fourth-order valence-corrected chi connectivity index (χ4v) is 2.25. The lowest BCUT2D eigenvalue weighted by atomic mass is 10.2. The van der Waals surface area contributed by atoms with Crippen molar-refractivity contribution < 1.29 is 4.79 Å². The molecule has 0 saturated heterocycles. The molecular formula is C14H17N3O. The third-order valence-electron chi connectivity index (χ3n) is 3.33. The van der Waals surface area contributed by atoms with Gasteiger partial charge in [-0.1, -0.05) is 12.8 Å². The molecule has 0 radical (unpaired) electrons. The Kier molecular flexibility index (Phi) is 3.83. The standard InChI is InChI=1S/C14H17N3O/c1-17-8-4-7-13(17)9-11(10-15)14(18)16-12-5-2-3-6-12/h4,7-9,12H,2-3,5-6H2,1H3,(H,16,18). The summed E-state index contributed by atoms with van der Waals surface area (Å²) in [7, 11) is 1.88. The van der Waals surface area contributed by atoms with Crippen molar-refractivity contribution in [3.8, 4) is 6.07 Å². The summed E-state index contributed by atoms with van der Waals surface area (Å²) in [5, 5.41) is 12.0. The van der Waals surface area contributed by atoms with Gasteiger partial charge in [0.1, 0.15) is 11.6 Å². The summed E-state index contributed by atoms with van der Waals surface area (Å²) in [4.78, 5) is 12.0. The van der Waals surface area contributed by atoms with E-state index in [9.17, 15) is 4.79 Å². The average molecular weight is 243 g/mol. The Balaban J connectivity index is 2.08. The molecule has 4 heteroatoms. The van der Waals surface area contributed by atoms with E-state index in [1.807, 2.05) is 36.0 Å². The van der Waals surface area contributed by atoms with E-state index in [1.165, 1.54) is 0 Å².